The molecule has 0 saturated carbocycles. The second-order valence-corrected chi connectivity index (χ2v) is 5.82. The van der Waals surface area contributed by atoms with Crippen LogP contribution in [0.3, 0.4) is 0 Å². The molecule has 0 amide bonds. The minimum atomic E-state index is -3.83. The lowest BCUT2D eigenvalue weighted by Gasteiger charge is -2.02. The molecule has 0 aliphatic heterocycles. The van der Waals surface area contributed by atoms with Crippen molar-refractivity contribution in [2.75, 3.05) is 13.5 Å². The summed E-state index contributed by atoms with van der Waals surface area (Å²) in [6, 6.07) is 6.21. The second-order valence-electron chi connectivity index (χ2n) is 3.07. The van der Waals surface area contributed by atoms with Gasteiger partial charge < -0.3 is 0 Å². The van der Waals surface area contributed by atoms with Crippen LogP contribution in [0, 0.1) is 6.92 Å². The fraction of sp³-hybridized carbons (Fsp3) is 0.333. The Kier molecular flexibility index (Phi) is 4.56. The molecule has 0 radical (unpaired) electrons. The predicted molar refractivity (Wildman–Crippen MR) is 58.9 cm³/mol. The van der Waals surface area contributed by atoms with Gasteiger partial charge in [0, 0.05) is 0 Å². The molecule has 7 heteroatoms. The van der Waals surface area contributed by atoms with E-state index in [1.165, 1.54) is 18.8 Å². The number of aryl methyl sites for hydroxylation is 1. The molecule has 1 unspecified atom stereocenters. The third-order valence-corrected chi connectivity index (χ3v) is 3.47. The van der Waals surface area contributed by atoms with Crippen LogP contribution >= 0.6 is 8.03 Å². The molecule has 0 heterocycles. The zero-order valence-corrected chi connectivity index (χ0v) is 10.6. The Morgan fingerprint density at radius 3 is 2.31 bits per heavy atom. The van der Waals surface area contributed by atoms with Crippen LogP contribution < -0.4 is 0 Å². The maximum absolute atomic E-state index is 11.5. The molecular weight excluding hydrogens is 251 g/mol. The van der Waals surface area contributed by atoms with Gasteiger partial charge in [-0.2, -0.15) is 8.42 Å². The molecule has 0 fully saturated rings. The summed E-state index contributed by atoms with van der Waals surface area (Å²) < 4.78 is 42.7. The predicted octanol–water partition coefficient (Wildman–Crippen LogP) is 2.05. The summed E-state index contributed by atoms with van der Waals surface area (Å²) in [5.74, 6) is 0. The first-order valence-corrected chi connectivity index (χ1v) is 7.45. The van der Waals surface area contributed by atoms with Crippen molar-refractivity contribution >= 4 is 18.1 Å². The Labute approximate surface area is 95.4 Å². The van der Waals surface area contributed by atoms with Crippen molar-refractivity contribution in [3.05, 3.63) is 29.8 Å². The second kappa shape index (κ2) is 5.50. The molecule has 1 aromatic carbocycles. The normalized spacial score (nSPS) is 12.5. The van der Waals surface area contributed by atoms with Crippen LogP contribution in [0.4, 0.5) is 0 Å². The van der Waals surface area contributed by atoms with Crippen molar-refractivity contribution in [1.29, 1.82) is 0 Å². The Morgan fingerprint density at radius 1 is 1.25 bits per heavy atom. The van der Waals surface area contributed by atoms with Gasteiger partial charge in [0.25, 0.3) is 10.1 Å². The van der Waals surface area contributed by atoms with Gasteiger partial charge in [-0.05, 0) is 23.6 Å². The average Bonchev–Trinajstić information content (AvgIpc) is 2.17. The van der Waals surface area contributed by atoms with E-state index < -0.39 is 24.9 Å². The lowest BCUT2D eigenvalue weighted by atomic mass is 10.2. The van der Waals surface area contributed by atoms with Gasteiger partial charge in [-0.25, -0.2) is 4.18 Å². The van der Waals surface area contributed by atoms with Crippen LogP contribution in [0.2, 0.25) is 0 Å². The van der Waals surface area contributed by atoms with Gasteiger partial charge in [0.05, 0.1) is 4.90 Å². The first kappa shape index (κ1) is 13.3. The van der Waals surface area contributed by atoms with E-state index in [1.807, 2.05) is 6.92 Å². The van der Waals surface area contributed by atoms with E-state index in [0.29, 0.717) is 0 Å². The SMILES string of the molecule is Cc1ccc(S(=O)(=O)OCO[P+](C)=O)cc1. The van der Waals surface area contributed by atoms with Crippen LogP contribution in [0.15, 0.2) is 29.2 Å². The fourth-order valence-electron chi connectivity index (χ4n) is 0.932. The van der Waals surface area contributed by atoms with E-state index in [1.54, 1.807) is 12.1 Å². The van der Waals surface area contributed by atoms with Gasteiger partial charge in [-0.15, -0.1) is 4.52 Å². The number of hydrogen-bond acceptors (Lipinski definition) is 5. The highest BCUT2D eigenvalue weighted by Gasteiger charge is 2.17. The molecule has 16 heavy (non-hydrogen) atoms. The maximum atomic E-state index is 11.5. The summed E-state index contributed by atoms with van der Waals surface area (Å²) in [6.07, 6.45) is 0. The summed E-state index contributed by atoms with van der Waals surface area (Å²) in [5.41, 5.74) is 0.951. The van der Waals surface area contributed by atoms with Crippen LogP contribution in [0.5, 0.6) is 0 Å². The Bertz CT molecular complexity index is 465. The van der Waals surface area contributed by atoms with E-state index in [-0.39, 0.29) is 4.90 Å². The van der Waals surface area contributed by atoms with Crippen LogP contribution in [0.25, 0.3) is 0 Å². The molecule has 0 aliphatic rings. The zero-order valence-electron chi connectivity index (χ0n) is 8.91. The van der Waals surface area contributed by atoms with Crippen LogP contribution in [-0.2, 0) is 23.4 Å². The molecule has 0 aromatic heterocycles. The standard InChI is InChI=1S/C9H12O5PS/c1-8-3-5-9(6-4-8)16(11,12)14-7-13-15(2)10/h3-6H,7H2,1-2H3/q+1. The summed E-state index contributed by atoms with van der Waals surface area (Å²) in [5, 5.41) is 0. The van der Waals surface area contributed by atoms with Gasteiger partial charge in [-0.3, -0.25) is 0 Å². The largest absolute Gasteiger partial charge is 0.507 e. The molecule has 5 nitrogen and oxygen atoms in total. The van der Waals surface area contributed by atoms with Gasteiger partial charge in [0.2, 0.25) is 6.79 Å². The molecule has 0 bridgehead atoms. The van der Waals surface area contributed by atoms with Crippen molar-refractivity contribution in [2.45, 2.75) is 11.8 Å². The maximum Gasteiger partial charge on any atom is 0.507 e. The molecule has 0 spiro atoms. The fourth-order valence-corrected chi connectivity index (χ4v) is 1.98. The van der Waals surface area contributed by atoms with E-state index in [0.717, 1.165) is 5.56 Å². The Hall–Kier alpha value is -0.810. The van der Waals surface area contributed by atoms with Gasteiger partial charge in [0.1, 0.15) is 0 Å². The summed E-state index contributed by atoms with van der Waals surface area (Å²) in [7, 11) is -5.69. The molecule has 1 atom stereocenters. The molecule has 0 saturated heterocycles. The van der Waals surface area contributed by atoms with Crippen molar-refractivity contribution in [3.63, 3.8) is 0 Å². The monoisotopic (exact) mass is 263 g/mol. The van der Waals surface area contributed by atoms with E-state index >= 15 is 0 Å². The van der Waals surface area contributed by atoms with Gasteiger partial charge in [-0.1, -0.05) is 17.7 Å². The minimum absolute atomic E-state index is 0.0491. The minimum Gasteiger partial charge on any atom is -0.232 e. The summed E-state index contributed by atoms with van der Waals surface area (Å²) in [6.45, 7) is 2.63. The summed E-state index contributed by atoms with van der Waals surface area (Å²) >= 11 is 0. The van der Waals surface area contributed by atoms with Crippen molar-refractivity contribution in [1.82, 2.24) is 0 Å². The number of rotatable bonds is 5. The van der Waals surface area contributed by atoms with Crippen LogP contribution in [0.1, 0.15) is 5.56 Å². The van der Waals surface area contributed by atoms with Crippen molar-refractivity contribution in [3.8, 4) is 0 Å². The Morgan fingerprint density at radius 2 is 1.81 bits per heavy atom. The highest BCUT2D eigenvalue weighted by atomic mass is 32.2. The number of hydrogen-bond donors (Lipinski definition) is 0. The van der Waals surface area contributed by atoms with Gasteiger partial charge in [0.15, 0.2) is 6.66 Å². The highest BCUT2D eigenvalue weighted by Crippen LogP contribution is 2.18. The summed E-state index contributed by atoms with van der Waals surface area (Å²) in [4.78, 5) is 0.0491. The third-order valence-electron chi connectivity index (χ3n) is 1.75. The average molecular weight is 263 g/mol. The zero-order chi connectivity index (χ0) is 12.2. The smallest absolute Gasteiger partial charge is 0.232 e. The van der Waals surface area contributed by atoms with E-state index in [2.05, 4.69) is 8.71 Å². The lowest BCUT2D eigenvalue weighted by molar-refractivity contribution is 0.136. The molecule has 1 aromatic rings. The lowest BCUT2D eigenvalue weighted by Crippen LogP contribution is -2.07. The first-order valence-electron chi connectivity index (χ1n) is 4.42. The van der Waals surface area contributed by atoms with Crippen molar-refractivity contribution < 1.29 is 21.7 Å². The topological polar surface area (TPSA) is 69.7 Å². The van der Waals surface area contributed by atoms with Gasteiger partial charge >= 0.3 is 8.03 Å². The first-order chi connectivity index (χ1) is 7.42. The molecular formula is C9H12O5PS+. The quantitative estimate of drug-likeness (QED) is 0.462. The molecule has 1 rings (SSSR count). The highest BCUT2D eigenvalue weighted by molar-refractivity contribution is 7.86. The van der Waals surface area contributed by atoms with Crippen molar-refractivity contribution in [2.24, 2.45) is 0 Å². The Balaban J connectivity index is 2.71. The molecule has 0 aliphatic carbocycles. The van der Waals surface area contributed by atoms with Crippen LogP contribution in [-0.4, -0.2) is 21.9 Å². The third kappa shape index (κ3) is 3.98. The molecule has 0 N–H and O–H groups in total. The van der Waals surface area contributed by atoms with E-state index in [9.17, 15) is 13.0 Å². The number of benzene rings is 1. The van der Waals surface area contributed by atoms with E-state index in [4.69, 9.17) is 0 Å². The molecule has 88 valence electrons.